The van der Waals surface area contributed by atoms with E-state index >= 15 is 0 Å². The first-order valence-corrected chi connectivity index (χ1v) is 7.42. The average Bonchev–Trinajstić information content (AvgIpc) is 2.57. The highest BCUT2D eigenvalue weighted by Crippen LogP contribution is 2.29. The zero-order valence-corrected chi connectivity index (χ0v) is 13.2. The van der Waals surface area contributed by atoms with Crippen molar-refractivity contribution in [2.45, 2.75) is 19.8 Å². The summed E-state index contributed by atoms with van der Waals surface area (Å²) in [6.45, 7) is 2.68. The van der Waals surface area contributed by atoms with Gasteiger partial charge in [-0.1, -0.05) is 13.3 Å². The number of methoxy groups -OCH3 is 1. The number of rotatable bonds is 7. The van der Waals surface area contributed by atoms with Gasteiger partial charge in [-0.3, -0.25) is 4.79 Å². The van der Waals surface area contributed by atoms with Gasteiger partial charge in [0.1, 0.15) is 0 Å². The second-order valence-electron chi connectivity index (χ2n) is 4.89. The molecule has 0 unspecified atom stereocenters. The molecule has 0 saturated carbocycles. The fourth-order valence-electron chi connectivity index (χ4n) is 1.93. The number of nitrogens with zero attached hydrogens (tertiary/aromatic N) is 1. The summed E-state index contributed by atoms with van der Waals surface area (Å²) in [6, 6.07) is 7.96. The van der Waals surface area contributed by atoms with E-state index in [-0.39, 0.29) is 11.6 Å². The lowest BCUT2D eigenvalue weighted by Crippen LogP contribution is -2.13. The van der Waals surface area contributed by atoms with Crippen molar-refractivity contribution < 1.29 is 19.4 Å². The number of hydrogen-bond donors (Lipinski definition) is 2. The Labute approximate surface area is 135 Å². The molecule has 2 aromatic rings. The predicted molar refractivity (Wildman–Crippen MR) is 87.3 cm³/mol. The van der Waals surface area contributed by atoms with Crippen LogP contribution in [0, 0.1) is 0 Å². The molecular formula is C17H20N2O4. The molecule has 23 heavy (non-hydrogen) atoms. The first-order valence-electron chi connectivity index (χ1n) is 7.42. The summed E-state index contributed by atoms with van der Waals surface area (Å²) in [5.41, 5.74) is 0.384. The largest absolute Gasteiger partial charge is 0.504 e. The topological polar surface area (TPSA) is 80.7 Å². The van der Waals surface area contributed by atoms with Crippen molar-refractivity contribution in [3.63, 3.8) is 0 Å². The Bertz CT molecular complexity index is 673. The summed E-state index contributed by atoms with van der Waals surface area (Å²) < 4.78 is 10.9. The molecule has 0 atom stereocenters. The van der Waals surface area contributed by atoms with Crippen LogP contribution in [0.1, 0.15) is 30.1 Å². The van der Waals surface area contributed by atoms with Gasteiger partial charge < -0.3 is 19.9 Å². The van der Waals surface area contributed by atoms with Crippen LogP contribution >= 0.6 is 0 Å². The summed E-state index contributed by atoms with van der Waals surface area (Å²) >= 11 is 0. The van der Waals surface area contributed by atoms with Gasteiger partial charge in [0, 0.05) is 11.8 Å². The van der Waals surface area contributed by atoms with Crippen molar-refractivity contribution in [3.05, 3.63) is 42.1 Å². The van der Waals surface area contributed by atoms with Crippen LogP contribution in [-0.2, 0) is 0 Å². The van der Waals surface area contributed by atoms with E-state index in [9.17, 15) is 9.90 Å². The van der Waals surface area contributed by atoms with Crippen LogP contribution in [0.5, 0.6) is 17.2 Å². The molecule has 0 saturated heterocycles. The number of amides is 1. The fourth-order valence-corrected chi connectivity index (χ4v) is 1.93. The summed E-state index contributed by atoms with van der Waals surface area (Å²) in [5.74, 6) is 0.710. The zero-order valence-electron chi connectivity index (χ0n) is 13.2. The van der Waals surface area contributed by atoms with Gasteiger partial charge in [-0.2, -0.15) is 0 Å². The van der Waals surface area contributed by atoms with Crippen molar-refractivity contribution in [2.24, 2.45) is 0 Å². The molecule has 122 valence electrons. The monoisotopic (exact) mass is 316 g/mol. The van der Waals surface area contributed by atoms with Crippen molar-refractivity contribution >= 4 is 11.7 Å². The summed E-state index contributed by atoms with van der Waals surface area (Å²) in [4.78, 5) is 16.2. The Balaban J connectivity index is 2.13. The van der Waals surface area contributed by atoms with Gasteiger partial charge in [-0.15, -0.1) is 0 Å². The Kier molecular flexibility index (Phi) is 5.80. The number of anilines is 1. The molecule has 0 aliphatic carbocycles. The molecule has 1 aromatic heterocycles. The van der Waals surface area contributed by atoms with E-state index in [4.69, 9.17) is 9.47 Å². The van der Waals surface area contributed by atoms with E-state index in [0.717, 1.165) is 12.8 Å². The molecule has 6 nitrogen and oxygen atoms in total. The van der Waals surface area contributed by atoms with Gasteiger partial charge in [0.05, 0.1) is 13.7 Å². The maximum absolute atomic E-state index is 12.2. The van der Waals surface area contributed by atoms with Crippen LogP contribution in [0.4, 0.5) is 5.82 Å². The van der Waals surface area contributed by atoms with Crippen LogP contribution < -0.4 is 14.8 Å². The molecule has 0 spiro atoms. The molecule has 0 aliphatic rings. The van der Waals surface area contributed by atoms with Gasteiger partial charge in [0.25, 0.3) is 5.91 Å². The zero-order chi connectivity index (χ0) is 16.7. The minimum atomic E-state index is -0.391. The van der Waals surface area contributed by atoms with Crippen molar-refractivity contribution in [1.82, 2.24) is 4.98 Å². The molecule has 0 bridgehead atoms. The third-order valence-corrected chi connectivity index (χ3v) is 3.20. The fraction of sp³-hybridized carbons (Fsp3) is 0.294. The Morgan fingerprint density at radius 3 is 2.83 bits per heavy atom. The number of aromatic hydroxyl groups is 1. The molecular weight excluding hydrogens is 296 g/mol. The number of benzene rings is 1. The van der Waals surface area contributed by atoms with Gasteiger partial charge in [0.2, 0.25) is 0 Å². The second kappa shape index (κ2) is 8.03. The summed E-state index contributed by atoms with van der Waals surface area (Å²) in [6.07, 6.45) is 3.47. The molecule has 0 aliphatic heterocycles. The number of aromatic nitrogens is 1. The lowest BCUT2D eigenvalue weighted by Gasteiger charge is -2.12. The molecule has 1 heterocycles. The van der Waals surface area contributed by atoms with Crippen LogP contribution in [0.3, 0.4) is 0 Å². The first-order chi connectivity index (χ1) is 11.2. The maximum Gasteiger partial charge on any atom is 0.257 e. The number of unbranched alkanes of at least 4 members (excludes halogenated alkanes) is 1. The van der Waals surface area contributed by atoms with Gasteiger partial charge in [-0.25, -0.2) is 4.98 Å². The Hall–Kier alpha value is -2.76. The standard InChI is InChI=1S/C17H20N2O4/c1-3-4-10-23-14-8-7-12(11-15(14)22-2)17(21)19-16-13(20)6-5-9-18-16/h5-9,11,20H,3-4,10H2,1-2H3,(H,18,19,21). The second-order valence-corrected chi connectivity index (χ2v) is 4.89. The van der Waals surface area contributed by atoms with Crippen LogP contribution in [0.25, 0.3) is 0 Å². The van der Waals surface area contributed by atoms with E-state index in [1.165, 1.54) is 19.4 Å². The van der Waals surface area contributed by atoms with Crippen LogP contribution in [-0.4, -0.2) is 29.7 Å². The molecule has 1 aromatic carbocycles. The van der Waals surface area contributed by atoms with E-state index in [1.807, 2.05) is 0 Å². The van der Waals surface area contributed by atoms with Crippen LogP contribution in [0.15, 0.2) is 36.5 Å². The number of hydrogen-bond acceptors (Lipinski definition) is 5. The minimum absolute atomic E-state index is 0.0904. The lowest BCUT2D eigenvalue weighted by molar-refractivity contribution is 0.102. The summed E-state index contributed by atoms with van der Waals surface area (Å²) in [7, 11) is 1.52. The number of carbonyl (C=O) groups excluding carboxylic acids is 1. The normalized spacial score (nSPS) is 10.2. The Morgan fingerprint density at radius 1 is 1.30 bits per heavy atom. The molecule has 0 radical (unpaired) electrons. The molecule has 2 rings (SSSR count). The maximum atomic E-state index is 12.2. The third kappa shape index (κ3) is 4.35. The quantitative estimate of drug-likeness (QED) is 0.767. The molecule has 2 N–H and O–H groups in total. The molecule has 1 amide bonds. The molecule has 6 heteroatoms. The number of nitrogens with one attached hydrogen (secondary N) is 1. The van der Waals surface area contributed by atoms with Crippen molar-refractivity contribution in [3.8, 4) is 17.2 Å². The minimum Gasteiger partial charge on any atom is -0.504 e. The van der Waals surface area contributed by atoms with Crippen LogP contribution in [0.2, 0.25) is 0 Å². The van der Waals surface area contributed by atoms with E-state index in [2.05, 4.69) is 17.2 Å². The molecule has 0 fully saturated rings. The highest BCUT2D eigenvalue weighted by atomic mass is 16.5. The number of carbonyl (C=O) groups is 1. The lowest BCUT2D eigenvalue weighted by atomic mass is 10.2. The summed E-state index contributed by atoms with van der Waals surface area (Å²) in [5, 5.41) is 12.2. The highest BCUT2D eigenvalue weighted by Gasteiger charge is 2.13. The van der Waals surface area contributed by atoms with E-state index in [1.54, 1.807) is 24.3 Å². The number of pyridine rings is 1. The van der Waals surface area contributed by atoms with Crippen molar-refractivity contribution in [1.29, 1.82) is 0 Å². The smallest absolute Gasteiger partial charge is 0.257 e. The van der Waals surface area contributed by atoms with E-state index < -0.39 is 5.91 Å². The van der Waals surface area contributed by atoms with Gasteiger partial charge in [-0.05, 0) is 36.8 Å². The van der Waals surface area contributed by atoms with E-state index in [0.29, 0.717) is 23.7 Å². The third-order valence-electron chi connectivity index (χ3n) is 3.20. The first kappa shape index (κ1) is 16.6. The Morgan fingerprint density at radius 2 is 2.13 bits per heavy atom. The number of ether oxygens (including phenoxy) is 2. The highest BCUT2D eigenvalue weighted by molar-refractivity contribution is 6.04. The van der Waals surface area contributed by atoms with Crippen molar-refractivity contribution in [2.75, 3.05) is 19.0 Å². The van der Waals surface area contributed by atoms with Gasteiger partial charge >= 0.3 is 0 Å². The SMILES string of the molecule is CCCCOc1ccc(C(=O)Nc2ncccc2O)cc1OC. The predicted octanol–water partition coefficient (Wildman–Crippen LogP) is 3.23. The average molecular weight is 316 g/mol. The van der Waals surface area contributed by atoms with Gasteiger partial charge in [0.15, 0.2) is 23.1 Å².